The van der Waals surface area contributed by atoms with Crippen molar-refractivity contribution < 1.29 is 4.57 Å². The lowest BCUT2D eigenvalue weighted by molar-refractivity contribution is -0.671. The molecule has 0 N–H and O–H groups in total. The fraction of sp³-hybridized carbons (Fsp3) is 0.706. The number of nitrogens with zero attached hydrogens (tertiary/aromatic N) is 1. The van der Waals surface area contributed by atoms with Crippen molar-refractivity contribution in [1.29, 1.82) is 0 Å². The summed E-state index contributed by atoms with van der Waals surface area (Å²) >= 11 is 0. The minimum atomic E-state index is 1.24. The van der Waals surface area contributed by atoms with Gasteiger partial charge in [0.25, 0.3) is 0 Å². The average molecular weight is 248 g/mol. The van der Waals surface area contributed by atoms with Gasteiger partial charge in [0, 0.05) is 11.6 Å². The molecule has 18 heavy (non-hydrogen) atoms. The first-order chi connectivity index (χ1) is 8.83. The molecule has 0 saturated heterocycles. The highest BCUT2D eigenvalue weighted by atomic mass is 14.9. The molecule has 0 aliphatic carbocycles. The third-order valence-electron chi connectivity index (χ3n) is 3.57. The van der Waals surface area contributed by atoms with Gasteiger partial charge in [0.1, 0.15) is 7.05 Å². The summed E-state index contributed by atoms with van der Waals surface area (Å²) in [5.41, 5.74) is 1.47. The Balaban J connectivity index is 1.92. The minimum Gasteiger partial charge on any atom is -0.208 e. The smallest absolute Gasteiger partial charge is 0.171 e. The van der Waals surface area contributed by atoms with Crippen LogP contribution in [0.5, 0.6) is 0 Å². The molecule has 0 spiro atoms. The lowest BCUT2D eigenvalue weighted by Gasteiger charge is -2.02. The molecule has 0 unspecified atom stereocenters. The first-order valence-corrected chi connectivity index (χ1v) is 7.77. The lowest BCUT2D eigenvalue weighted by atomic mass is 10.0. The summed E-state index contributed by atoms with van der Waals surface area (Å²) in [6.45, 7) is 2.28. The maximum absolute atomic E-state index is 2.28. The van der Waals surface area contributed by atoms with Crippen LogP contribution >= 0.6 is 0 Å². The van der Waals surface area contributed by atoms with Crippen LogP contribution in [0.3, 0.4) is 0 Å². The Hall–Kier alpha value is -0.850. The quantitative estimate of drug-likeness (QED) is 0.421. The predicted octanol–water partition coefficient (Wildman–Crippen LogP) is 4.58. The standard InChI is InChI=1S/C17H30N/c1-3-4-5-6-7-8-9-10-11-13-17-14-12-15-18(2)16-17/h12,14-16H,3-11,13H2,1-2H3/q+1. The van der Waals surface area contributed by atoms with E-state index in [0.29, 0.717) is 0 Å². The second-order valence-electron chi connectivity index (χ2n) is 5.46. The number of pyridine rings is 1. The zero-order chi connectivity index (χ0) is 13.1. The van der Waals surface area contributed by atoms with Crippen molar-refractivity contribution in [3.05, 3.63) is 30.1 Å². The topological polar surface area (TPSA) is 3.88 Å². The van der Waals surface area contributed by atoms with E-state index in [1.165, 1.54) is 69.8 Å². The summed E-state index contributed by atoms with van der Waals surface area (Å²) in [6.07, 6.45) is 18.3. The van der Waals surface area contributed by atoms with E-state index in [-0.39, 0.29) is 0 Å². The Labute approximate surface area is 113 Å². The van der Waals surface area contributed by atoms with Gasteiger partial charge in [-0.25, -0.2) is 4.57 Å². The largest absolute Gasteiger partial charge is 0.208 e. The van der Waals surface area contributed by atoms with Crippen molar-refractivity contribution in [3.8, 4) is 0 Å². The summed E-state index contributed by atoms with van der Waals surface area (Å²) in [4.78, 5) is 0. The van der Waals surface area contributed by atoms with Gasteiger partial charge in [-0.2, -0.15) is 0 Å². The molecule has 0 aromatic carbocycles. The van der Waals surface area contributed by atoms with Crippen LogP contribution in [0.15, 0.2) is 24.5 Å². The average Bonchev–Trinajstić information content (AvgIpc) is 2.37. The molecule has 0 radical (unpaired) electrons. The fourth-order valence-electron chi connectivity index (χ4n) is 2.44. The third-order valence-corrected chi connectivity index (χ3v) is 3.57. The molecule has 1 heteroatoms. The van der Waals surface area contributed by atoms with Gasteiger partial charge in [-0.05, 0) is 18.9 Å². The Morgan fingerprint density at radius 1 is 0.889 bits per heavy atom. The van der Waals surface area contributed by atoms with Crippen LogP contribution in [-0.4, -0.2) is 0 Å². The van der Waals surface area contributed by atoms with Crippen molar-refractivity contribution in [2.24, 2.45) is 7.05 Å². The van der Waals surface area contributed by atoms with Gasteiger partial charge in [0.15, 0.2) is 12.4 Å². The van der Waals surface area contributed by atoms with E-state index >= 15 is 0 Å². The maximum atomic E-state index is 2.28. The summed E-state index contributed by atoms with van der Waals surface area (Å²) in [7, 11) is 2.10. The van der Waals surface area contributed by atoms with Crippen molar-refractivity contribution in [1.82, 2.24) is 0 Å². The minimum absolute atomic E-state index is 1.24. The van der Waals surface area contributed by atoms with E-state index in [0.717, 1.165) is 0 Å². The Morgan fingerprint density at radius 2 is 1.50 bits per heavy atom. The van der Waals surface area contributed by atoms with Crippen molar-refractivity contribution >= 4 is 0 Å². The van der Waals surface area contributed by atoms with Crippen LogP contribution in [0.2, 0.25) is 0 Å². The second-order valence-corrected chi connectivity index (χ2v) is 5.46. The highest BCUT2D eigenvalue weighted by molar-refractivity contribution is 5.05. The molecule has 1 aromatic rings. The van der Waals surface area contributed by atoms with Gasteiger partial charge in [-0.1, -0.05) is 58.3 Å². The highest BCUT2D eigenvalue weighted by Crippen LogP contribution is 2.11. The monoisotopic (exact) mass is 248 g/mol. The molecule has 0 fully saturated rings. The SMILES string of the molecule is CCCCCCCCCCCc1ccc[n+](C)c1. The second kappa shape index (κ2) is 10.1. The Kier molecular flexibility index (Phi) is 8.54. The molecule has 0 aliphatic rings. The van der Waals surface area contributed by atoms with Crippen molar-refractivity contribution in [2.75, 3.05) is 0 Å². The molecule has 1 aromatic heterocycles. The van der Waals surface area contributed by atoms with Gasteiger partial charge in [0.2, 0.25) is 0 Å². The number of aromatic nitrogens is 1. The first kappa shape index (κ1) is 15.2. The van der Waals surface area contributed by atoms with Gasteiger partial charge >= 0.3 is 0 Å². The van der Waals surface area contributed by atoms with E-state index in [9.17, 15) is 0 Å². The zero-order valence-electron chi connectivity index (χ0n) is 12.3. The molecule has 1 nitrogen and oxygen atoms in total. The van der Waals surface area contributed by atoms with E-state index in [1.807, 2.05) is 0 Å². The van der Waals surface area contributed by atoms with Gasteiger partial charge in [-0.3, -0.25) is 0 Å². The normalized spacial score (nSPS) is 10.8. The molecule has 0 bridgehead atoms. The van der Waals surface area contributed by atoms with Crippen LogP contribution in [0.4, 0.5) is 0 Å². The first-order valence-electron chi connectivity index (χ1n) is 7.77. The number of hydrogen-bond acceptors (Lipinski definition) is 0. The summed E-state index contributed by atoms with van der Waals surface area (Å²) in [6, 6.07) is 4.38. The van der Waals surface area contributed by atoms with Gasteiger partial charge in [0.05, 0.1) is 0 Å². The third kappa shape index (κ3) is 7.47. The number of unbranched alkanes of at least 4 members (excludes halogenated alkanes) is 8. The van der Waals surface area contributed by atoms with Crippen LogP contribution in [0.1, 0.15) is 70.3 Å². The molecule has 0 atom stereocenters. The number of hydrogen-bond donors (Lipinski definition) is 0. The van der Waals surface area contributed by atoms with Crippen molar-refractivity contribution in [2.45, 2.75) is 71.1 Å². The molecular formula is C17H30N+. The molecule has 1 rings (SSSR count). The fourth-order valence-corrected chi connectivity index (χ4v) is 2.44. The van der Waals surface area contributed by atoms with E-state index < -0.39 is 0 Å². The van der Waals surface area contributed by atoms with E-state index in [2.05, 4.69) is 43.1 Å². The lowest BCUT2D eigenvalue weighted by Crippen LogP contribution is -2.26. The number of rotatable bonds is 10. The van der Waals surface area contributed by atoms with Gasteiger partial charge < -0.3 is 0 Å². The summed E-state index contributed by atoms with van der Waals surface area (Å²) in [5.74, 6) is 0. The molecule has 0 saturated carbocycles. The van der Waals surface area contributed by atoms with E-state index in [4.69, 9.17) is 0 Å². The molecular weight excluding hydrogens is 218 g/mol. The molecule has 102 valence electrons. The van der Waals surface area contributed by atoms with E-state index in [1.54, 1.807) is 0 Å². The summed E-state index contributed by atoms with van der Waals surface area (Å²) < 4.78 is 2.14. The predicted molar refractivity (Wildman–Crippen MR) is 78.5 cm³/mol. The van der Waals surface area contributed by atoms with Crippen LogP contribution < -0.4 is 4.57 Å². The molecule has 0 amide bonds. The highest BCUT2D eigenvalue weighted by Gasteiger charge is 1.98. The van der Waals surface area contributed by atoms with Gasteiger partial charge in [-0.15, -0.1) is 0 Å². The Morgan fingerprint density at radius 3 is 2.11 bits per heavy atom. The Bertz CT molecular complexity index is 306. The summed E-state index contributed by atoms with van der Waals surface area (Å²) in [5, 5.41) is 0. The van der Waals surface area contributed by atoms with Crippen LogP contribution in [-0.2, 0) is 13.5 Å². The molecule has 1 heterocycles. The maximum Gasteiger partial charge on any atom is 0.171 e. The number of aryl methyl sites for hydroxylation is 2. The van der Waals surface area contributed by atoms with Crippen LogP contribution in [0, 0.1) is 0 Å². The van der Waals surface area contributed by atoms with Crippen molar-refractivity contribution in [3.63, 3.8) is 0 Å². The van der Waals surface area contributed by atoms with Crippen LogP contribution in [0.25, 0.3) is 0 Å². The molecule has 0 aliphatic heterocycles. The zero-order valence-corrected chi connectivity index (χ0v) is 12.3.